The summed E-state index contributed by atoms with van der Waals surface area (Å²) in [6.45, 7) is 0.607. The largest absolute Gasteiger partial charge is 0.492 e. The Kier molecular flexibility index (Phi) is 4.75. The summed E-state index contributed by atoms with van der Waals surface area (Å²) in [5, 5.41) is 9.02. The Morgan fingerprint density at radius 1 is 1.21 bits per heavy atom. The Labute approximate surface area is 165 Å². The zero-order valence-corrected chi connectivity index (χ0v) is 15.6. The Morgan fingerprint density at radius 2 is 1.93 bits per heavy atom. The summed E-state index contributed by atoms with van der Waals surface area (Å²) in [4.78, 5) is 27.2. The van der Waals surface area contributed by atoms with Gasteiger partial charge < -0.3 is 19.0 Å². The molecule has 0 radical (unpaired) electrons. The molecule has 1 aliphatic heterocycles. The number of halogens is 1. The topological polar surface area (TPSA) is 85.8 Å². The number of ketones is 1. The van der Waals surface area contributed by atoms with Gasteiger partial charge in [0.25, 0.3) is 0 Å². The van der Waals surface area contributed by atoms with Crippen LogP contribution in [0.25, 0.3) is 11.1 Å². The third kappa shape index (κ3) is 3.69. The van der Waals surface area contributed by atoms with Crippen molar-refractivity contribution < 1.29 is 23.8 Å². The Morgan fingerprint density at radius 3 is 2.66 bits per heavy atom. The minimum atomic E-state index is -1.29. The second-order valence-corrected chi connectivity index (χ2v) is 6.78. The number of fused-ring (bicyclic) bond motifs is 1. The van der Waals surface area contributed by atoms with Crippen LogP contribution >= 0.6 is 0 Å². The number of ether oxygens (including phenoxy) is 1. The molecule has 1 aromatic heterocycles. The lowest BCUT2D eigenvalue weighted by Gasteiger charge is -2.21. The minimum absolute atomic E-state index is 0.0232. The van der Waals surface area contributed by atoms with E-state index in [4.69, 9.17) is 9.84 Å². The summed E-state index contributed by atoms with van der Waals surface area (Å²) in [7, 11) is 1.70. The molecular weight excluding hydrogens is 377 g/mol. The molecule has 1 amide bonds. The number of hydrogen-bond acceptors (Lipinski definition) is 3. The molecule has 4 rings (SSSR count). The molecule has 0 atom stereocenters. The van der Waals surface area contributed by atoms with E-state index in [2.05, 4.69) is 4.99 Å². The highest BCUT2D eigenvalue weighted by molar-refractivity contribution is 6.02. The first-order valence-corrected chi connectivity index (χ1v) is 9.00. The first-order valence-electron chi connectivity index (χ1n) is 9.00. The summed E-state index contributed by atoms with van der Waals surface area (Å²) in [6, 6.07) is 9.61. The van der Waals surface area contributed by atoms with Gasteiger partial charge in [0.05, 0.1) is 18.7 Å². The molecule has 0 spiro atoms. The van der Waals surface area contributed by atoms with Crippen LogP contribution in [0.2, 0.25) is 0 Å². The Balaban J connectivity index is 1.84. The number of Topliss-reactive ketones (excluding diaryl/α,β-unsaturated/α-hetero) is 1. The second kappa shape index (κ2) is 7.38. The van der Waals surface area contributed by atoms with Gasteiger partial charge in [-0.15, -0.1) is 4.99 Å². The molecule has 1 N–H and O–H groups in total. The number of hydrogen-bond donors (Lipinski definition) is 1. The van der Waals surface area contributed by atoms with E-state index >= 15 is 0 Å². The highest BCUT2D eigenvalue weighted by Gasteiger charge is 2.23. The van der Waals surface area contributed by atoms with E-state index in [1.54, 1.807) is 46.8 Å². The summed E-state index contributed by atoms with van der Waals surface area (Å²) in [5.74, 6) is 0.116. The van der Waals surface area contributed by atoms with Gasteiger partial charge in [-0.1, -0.05) is 12.1 Å². The summed E-state index contributed by atoms with van der Waals surface area (Å²) in [6.07, 6.45) is 2.42. The highest BCUT2D eigenvalue weighted by atomic mass is 19.1. The second-order valence-electron chi connectivity index (χ2n) is 6.78. The van der Waals surface area contributed by atoms with Gasteiger partial charge in [-0.25, -0.2) is 9.18 Å². The quantitative estimate of drug-likeness (QED) is 0.738. The molecule has 2 aromatic carbocycles. The van der Waals surface area contributed by atoms with E-state index in [1.165, 1.54) is 12.1 Å². The molecule has 2 heterocycles. The number of aryl methyl sites for hydroxylation is 1. The monoisotopic (exact) mass is 395 g/mol. The average molecular weight is 395 g/mol. The van der Waals surface area contributed by atoms with Crippen LogP contribution < -0.4 is 10.4 Å². The number of carbonyl (C=O) groups excluding carboxylic acids is 1. The fourth-order valence-electron chi connectivity index (χ4n) is 3.43. The normalized spacial score (nSPS) is 13.9. The number of carboxylic acid groups (broad SMARTS) is 1. The van der Waals surface area contributed by atoms with E-state index in [9.17, 15) is 14.0 Å². The molecule has 0 bridgehead atoms. The maximum atomic E-state index is 13.4. The van der Waals surface area contributed by atoms with E-state index in [0.717, 1.165) is 11.1 Å². The molecule has 0 aliphatic carbocycles. The number of rotatable bonds is 3. The summed E-state index contributed by atoms with van der Waals surface area (Å²) >= 11 is 0. The van der Waals surface area contributed by atoms with Gasteiger partial charge in [0.15, 0.2) is 5.78 Å². The van der Waals surface area contributed by atoms with Crippen LogP contribution in [-0.4, -0.2) is 32.7 Å². The Bertz CT molecular complexity index is 1180. The number of benzene rings is 2. The van der Waals surface area contributed by atoms with Crippen molar-refractivity contribution in [2.24, 2.45) is 12.0 Å². The van der Waals surface area contributed by atoms with Gasteiger partial charge in [0.2, 0.25) is 5.62 Å². The molecule has 3 aromatic rings. The van der Waals surface area contributed by atoms with Crippen LogP contribution in [0.15, 0.2) is 53.8 Å². The number of imidazole rings is 1. The number of aromatic nitrogens is 2. The van der Waals surface area contributed by atoms with Crippen LogP contribution in [0.1, 0.15) is 22.3 Å². The van der Waals surface area contributed by atoms with Gasteiger partial charge in [-0.05, 0) is 35.4 Å². The van der Waals surface area contributed by atoms with E-state index < -0.39 is 6.09 Å². The molecule has 29 heavy (non-hydrogen) atoms. The van der Waals surface area contributed by atoms with Crippen LogP contribution in [0.5, 0.6) is 5.75 Å². The lowest BCUT2D eigenvalue weighted by Crippen LogP contribution is -2.26. The fourth-order valence-corrected chi connectivity index (χ4v) is 3.43. The van der Waals surface area contributed by atoms with Gasteiger partial charge in [-0.2, -0.15) is 0 Å². The van der Waals surface area contributed by atoms with Crippen LogP contribution in [0.4, 0.5) is 9.18 Å². The minimum Gasteiger partial charge on any atom is -0.492 e. The van der Waals surface area contributed by atoms with Gasteiger partial charge in [0.1, 0.15) is 11.6 Å². The van der Waals surface area contributed by atoms with Crippen molar-refractivity contribution in [1.82, 2.24) is 9.13 Å². The molecule has 0 saturated carbocycles. The predicted octanol–water partition coefficient (Wildman–Crippen LogP) is 3.22. The first-order chi connectivity index (χ1) is 13.9. The third-order valence-corrected chi connectivity index (χ3v) is 4.77. The lowest BCUT2D eigenvalue weighted by atomic mass is 9.94. The van der Waals surface area contributed by atoms with Crippen LogP contribution in [0, 0.1) is 5.82 Å². The fraction of sp³-hybridized carbons (Fsp3) is 0.190. The van der Waals surface area contributed by atoms with Crippen molar-refractivity contribution in [3.63, 3.8) is 0 Å². The molecule has 8 heteroatoms. The predicted molar refractivity (Wildman–Crippen MR) is 102 cm³/mol. The third-order valence-electron chi connectivity index (χ3n) is 4.77. The number of carbonyl (C=O) groups is 2. The molecule has 0 unspecified atom stereocenters. The van der Waals surface area contributed by atoms with Crippen LogP contribution in [0.3, 0.4) is 0 Å². The van der Waals surface area contributed by atoms with E-state index in [0.29, 0.717) is 30.0 Å². The number of amides is 1. The van der Waals surface area contributed by atoms with Crippen molar-refractivity contribution in [2.75, 3.05) is 6.61 Å². The van der Waals surface area contributed by atoms with E-state index in [-0.39, 0.29) is 23.6 Å². The van der Waals surface area contributed by atoms with Crippen LogP contribution in [-0.2, 0) is 13.6 Å². The van der Waals surface area contributed by atoms with Crippen molar-refractivity contribution >= 4 is 11.9 Å². The molecule has 148 valence electrons. The average Bonchev–Trinajstić information content (AvgIpc) is 3.02. The molecule has 7 nitrogen and oxygen atoms in total. The van der Waals surface area contributed by atoms with Gasteiger partial charge in [0, 0.05) is 31.4 Å². The standard InChI is InChI=1S/C21H18FN3O4/c1-24-7-8-25(20(24)23-21(27)28)12-13-10-16(14-2-4-15(22)5-3-14)19-17(11-13)18(26)6-9-29-19/h2-5,7-8,10-11H,6,9,12H2,1H3,(H,27,28)/b23-20-. The summed E-state index contributed by atoms with van der Waals surface area (Å²) < 4.78 is 22.4. The molecular formula is C21H18FN3O4. The van der Waals surface area contributed by atoms with Gasteiger partial charge >= 0.3 is 6.09 Å². The molecule has 0 fully saturated rings. The van der Waals surface area contributed by atoms with Gasteiger partial charge in [-0.3, -0.25) is 4.79 Å². The molecule has 1 aliphatic rings. The zero-order valence-electron chi connectivity index (χ0n) is 15.6. The van der Waals surface area contributed by atoms with Crippen molar-refractivity contribution in [3.05, 3.63) is 71.4 Å². The molecule has 0 saturated heterocycles. The van der Waals surface area contributed by atoms with Crippen molar-refractivity contribution in [1.29, 1.82) is 0 Å². The van der Waals surface area contributed by atoms with Crippen molar-refractivity contribution in [3.8, 4) is 16.9 Å². The highest BCUT2D eigenvalue weighted by Crippen LogP contribution is 2.37. The van der Waals surface area contributed by atoms with E-state index in [1.807, 2.05) is 6.07 Å². The summed E-state index contributed by atoms with van der Waals surface area (Å²) in [5.41, 5.74) is 2.94. The zero-order chi connectivity index (χ0) is 20.5. The lowest BCUT2D eigenvalue weighted by molar-refractivity contribution is 0.0933. The first kappa shape index (κ1) is 18.7. The maximum Gasteiger partial charge on any atom is 0.434 e. The SMILES string of the molecule is Cn1ccn(Cc2cc3c(c(-c4ccc(F)cc4)c2)OCCC3=O)/c1=N\C(=O)O. The smallest absolute Gasteiger partial charge is 0.434 e. The van der Waals surface area contributed by atoms with Crippen molar-refractivity contribution in [2.45, 2.75) is 13.0 Å². The maximum absolute atomic E-state index is 13.4. The Hall–Kier alpha value is -3.68. The number of nitrogens with zero attached hydrogens (tertiary/aromatic N) is 3.